The number of benzene rings is 1. The smallest absolute Gasteiger partial charge is 0.255 e. The zero-order valence-corrected chi connectivity index (χ0v) is 11.3. The molecule has 0 spiro atoms. The summed E-state index contributed by atoms with van der Waals surface area (Å²) in [4.78, 5) is 16.3. The minimum atomic E-state index is -0.236. The highest BCUT2D eigenvalue weighted by molar-refractivity contribution is 6.04. The number of nitrogen functional groups attached to an aromatic ring is 1. The van der Waals surface area contributed by atoms with Gasteiger partial charge in [0.25, 0.3) is 5.91 Å². The van der Waals surface area contributed by atoms with Gasteiger partial charge in [0.05, 0.1) is 7.11 Å². The third kappa shape index (κ3) is 3.24. The SMILES string of the molecule is COc1cccc(NC(=O)c2cc(C)nc(NN)c2)c1. The van der Waals surface area contributed by atoms with Gasteiger partial charge in [-0.1, -0.05) is 6.07 Å². The first-order chi connectivity index (χ1) is 9.62. The molecule has 0 fully saturated rings. The standard InChI is InChI=1S/C14H16N4O2/c1-9-6-10(7-13(16-9)18-15)14(19)17-11-4-3-5-12(8-11)20-2/h3-8H,15H2,1-2H3,(H,16,18)(H,17,19). The van der Waals surface area contributed by atoms with Crippen molar-refractivity contribution in [3.05, 3.63) is 47.7 Å². The van der Waals surface area contributed by atoms with Crippen LogP contribution in [-0.2, 0) is 0 Å². The maximum Gasteiger partial charge on any atom is 0.255 e. The van der Waals surface area contributed by atoms with Crippen molar-refractivity contribution >= 4 is 17.4 Å². The van der Waals surface area contributed by atoms with Crippen molar-refractivity contribution in [2.45, 2.75) is 6.92 Å². The lowest BCUT2D eigenvalue weighted by Gasteiger charge is -2.09. The van der Waals surface area contributed by atoms with Crippen LogP contribution in [0.15, 0.2) is 36.4 Å². The van der Waals surface area contributed by atoms with Crippen molar-refractivity contribution < 1.29 is 9.53 Å². The fraction of sp³-hybridized carbons (Fsp3) is 0.143. The fourth-order valence-electron chi connectivity index (χ4n) is 1.78. The van der Waals surface area contributed by atoms with Crippen molar-refractivity contribution in [3.8, 4) is 5.75 Å². The number of aryl methyl sites for hydroxylation is 1. The zero-order chi connectivity index (χ0) is 14.5. The second kappa shape index (κ2) is 6.03. The lowest BCUT2D eigenvalue weighted by molar-refractivity contribution is 0.102. The molecule has 0 aliphatic heterocycles. The molecule has 0 aliphatic rings. The topological polar surface area (TPSA) is 89.3 Å². The molecule has 1 aromatic carbocycles. The van der Waals surface area contributed by atoms with Gasteiger partial charge < -0.3 is 15.5 Å². The van der Waals surface area contributed by atoms with Crippen LogP contribution in [0.2, 0.25) is 0 Å². The Morgan fingerprint density at radius 2 is 2.10 bits per heavy atom. The Balaban J connectivity index is 2.21. The molecule has 0 aliphatic carbocycles. The van der Waals surface area contributed by atoms with E-state index in [9.17, 15) is 4.79 Å². The monoisotopic (exact) mass is 272 g/mol. The van der Waals surface area contributed by atoms with Gasteiger partial charge in [0.2, 0.25) is 0 Å². The van der Waals surface area contributed by atoms with E-state index in [0.29, 0.717) is 28.5 Å². The van der Waals surface area contributed by atoms with E-state index < -0.39 is 0 Å². The number of methoxy groups -OCH3 is 1. The molecular formula is C14H16N4O2. The molecule has 0 radical (unpaired) electrons. The quantitative estimate of drug-likeness (QED) is 0.584. The summed E-state index contributed by atoms with van der Waals surface area (Å²) in [7, 11) is 1.58. The Hall–Kier alpha value is -2.60. The van der Waals surface area contributed by atoms with Gasteiger partial charge in [-0.05, 0) is 31.2 Å². The van der Waals surface area contributed by atoms with Gasteiger partial charge in [0.15, 0.2) is 0 Å². The second-order valence-electron chi connectivity index (χ2n) is 4.21. The average Bonchev–Trinajstić information content (AvgIpc) is 2.46. The Morgan fingerprint density at radius 1 is 1.30 bits per heavy atom. The summed E-state index contributed by atoms with van der Waals surface area (Å²) in [5.41, 5.74) is 4.28. The number of hydrogen-bond acceptors (Lipinski definition) is 5. The van der Waals surface area contributed by atoms with Crippen molar-refractivity contribution in [2.24, 2.45) is 5.84 Å². The summed E-state index contributed by atoms with van der Waals surface area (Å²) in [6.07, 6.45) is 0. The number of anilines is 2. The molecule has 0 saturated heterocycles. The van der Waals surface area contributed by atoms with Crippen molar-refractivity contribution in [2.75, 3.05) is 17.9 Å². The first kappa shape index (κ1) is 13.8. The normalized spacial score (nSPS) is 9.95. The number of rotatable bonds is 4. The van der Waals surface area contributed by atoms with Crippen LogP contribution in [0, 0.1) is 6.92 Å². The molecule has 104 valence electrons. The molecule has 0 bridgehead atoms. The molecule has 1 amide bonds. The Bertz CT molecular complexity index is 628. The van der Waals surface area contributed by atoms with E-state index in [2.05, 4.69) is 15.7 Å². The largest absolute Gasteiger partial charge is 0.497 e. The highest BCUT2D eigenvalue weighted by Gasteiger charge is 2.09. The Labute approximate surface area is 116 Å². The van der Waals surface area contributed by atoms with Crippen LogP contribution in [0.1, 0.15) is 16.1 Å². The van der Waals surface area contributed by atoms with E-state index in [-0.39, 0.29) is 5.91 Å². The van der Waals surface area contributed by atoms with Crippen molar-refractivity contribution in [3.63, 3.8) is 0 Å². The van der Waals surface area contributed by atoms with Gasteiger partial charge in [0, 0.05) is 23.0 Å². The molecule has 2 rings (SSSR count). The van der Waals surface area contributed by atoms with Gasteiger partial charge in [0.1, 0.15) is 11.6 Å². The molecule has 6 nitrogen and oxygen atoms in total. The molecule has 0 saturated carbocycles. The third-order valence-corrected chi connectivity index (χ3v) is 2.69. The molecule has 1 aromatic heterocycles. The molecule has 4 N–H and O–H groups in total. The zero-order valence-electron chi connectivity index (χ0n) is 11.3. The third-order valence-electron chi connectivity index (χ3n) is 2.69. The molecule has 1 heterocycles. The number of nitrogens with one attached hydrogen (secondary N) is 2. The van der Waals surface area contributed by atoms with Crippen LogP contribution < -0.4 is 21.3 Å². The first-order valence-corrected chi connectivity index (χ1v) is 6.03. The van der Waals surface area contributed by atoms with E-state index in [1.807, 2.05) is 6.07 Å². The van der Waals surface area contributed by atoms with Gasteiger partial charge in [-0.25, -0.2) is 10.8 Å². The second-order valence-corrected chi connectivity index (χ2v) is 4.21. The van der Waals surface area contributed by atoms with E-state index >= 15 is 0 Å². The van der Waals surface area contributed by atoms with E-state index in [1.165, 1.54) is 0 Å². The predicted octanol–water partition coefficient (Wildman–Crippen LogP) is 1.94. The summed E-state index contributed by atoms with van der Waals surface area (Å²) < 4.78 is 5.11. The highest BCUT2D eigenvalue weighted by Crippen LogP contribution is 2.18. The van der Waals surface area contributed by atoms with E-state index in [4.69, 9.17) is 10.6 Å². The maximum atomic E-state index is 12.2. The molecule has 6 heteroatoms. The van der Waals surface area contributed by atoms with E-state index in [1.54, 1.807) is 44.4 Å². The predicted molar refractivity (Wildman–Crippen MR) is 77.7 cm³/mol. The van der Waals surface area contributed by atoms with E-state index in [0.717, 1.165) is 0 Å². The molecule has 20 heavy (non-hydrogen) atoms. The minimum Gasteiger partial charge on any atom is -0.497 e. The summed E-state index contributed by atoms with van der Waals surface area (Å²) in [6, 6.07) is 10.4. The van der Waals surface area contributed by atoms with Gasteiger partial charge in [-0.2, -0.15) is 0 Å². The van der Waals surface area contributed by atoms with Crippen LogP contribution >= 0.6 is 0 Å². The number of carbonyl (C=O) groups excluding carboxylic acids is 1. The lowest BCUT2D eigenvalue weighted by atomic mass is 10.2. The van der Waals surface area contributed by atoms with Gasteiger partial charge in [-0.3, -0.25) is 4.79 Å². The number of aromatic nitrogens is 1. The summed E-state index contributed by atoms with van der Waals surface area (Å²) >= 11 is 0. The van der Waals surface area contributed by atoms with Crippen molar-refractivity contribution in [1.29, 1.82) is 0 Å². The molecular weight excluding hydrogens is 256 g/mol. The highest BCUT2D eigenvalue weighted by atomic mass is 16.5. The van der Waals surface area contributed by atoms with Crippen LogP contribution in [0.25, 0.3) is 0 Å². The number of pyridine rings is 1. The number of ether oxygens (including phenoxy) is 1. The average molecular weight is 272 g/mol. The number of nitrogens with two attached hydrogens (primary N) is 1. The molecule has 2 aromatic rings. The summed E-state index contributed by atoms with van der Waals surface area (Å²) in [5.74, 6) is 6.21. The van der Waals surface area contributed by atoms with Crippen LogP contribution in [-0.4, -0.2) is 18.0 Å². The number of nitrogens with zero attached hydrogens (tertiary/aromatic N) is 1. The Morgan fingerprint density at radius 3 is 2.80 bits per heavy atom. The minimum absolute atomic E-state index is 0.236. The van der Waals surface area contributed by atoms with Gasteiger partial charge in [-0.15, -0.1) is 0 Å². The number of hydrogen-bond donors (Lipinski definition) is 3. The van der Waals surface area contributed by atoms with Crippen LogP contribution in [0.5, 0.6) is 5.75 Å². The number of amides is 1. The maximum absolute atomic E-state index is 12.2. The number of hydrazine groups is 1. The summed E-state index contributed by atoms with van der Waals surface area (Å²) in [5, 5.41) is 2.80. The van der Waals surface area contributed by atoms with Gasteiger partial charge >= 0.3 is 0 Å². The Kier molecular flexibility index (Phi) is 4.17. The molecule has 0 atom stereocenters. The molecule has 0 unspecified atom stereocenters. The first-order valence-electron chi connectivity index (χ1n) is 6.03. The van der Waals surface area contributed by atoms with Crippen molar-refractivity contribution in [1.82, 2.24) is 4.98 Å². The van der Waals surface area contributed by atoms with Crippen LogP contribution in [0.4, 0.5) is 11.5 Å². The fourth-order valence-corrected chi connectivity index (χ4v) is 1.78. The number of carbonyl (C=O) groups is 1. The summed E-state index contributed by atoms with van der Waals surface area (Å²) in [6.45, 7) is 1.79. The van der Waals surface area contributed by atoms with Crippen LogP contribution in [0.3, 0.4) is 0 Å². The lowest BCUT2D eigenvalue weighted by Crippen LogP contribution is -2.15.